The summed E-state index contributed by atoms with van der Waals surface area (Å²) in [5, 5.41) is 0. The second-order valence-corrected chi connectivity index (χ2v) is 5.16. The van der Waals surface area contributed by atoms with Crippen LogP contribution < -0.4 is 9.64 Å². The Kier molecular flexibility index (Phi) is 2.19. The van der Waals surface area contributed by atoms with Crippen molar-refractivity contribution in [3.8, 4) is 5.75 Å². The molecular weight excluding hydrogens is 262 g/mol. The summed E-state index contributed by atoms with van der Waals surface area (Å²) in [6.07, 6.45) is 0.955. The van der Waals surface area contributed by atoms with E-state index >= 15 is 0 Å². The number of anilines is 1. The van der Waals surface area contributed by atoms with Crippen LogP contribution in [0.2, 0.25) is 0 Å². The van der Waals surface area contributed by atoms with Crippen LogP contribution in [0.3, 0.4) is 0 Å². The summed E-state index contributed by atoms with van der Waals surface area (Å²) in [6.45, 7) is 0.957. The molecule has 20 heavy (non-hydrogen) atoms. The number of nitrogens with zero attached hydrogens (tertiary/aromatic N) is 1. The van der Waals surface area contributed by atoms with Crippen molar-refractivity contribution >= 4 is 23.4 Å². The molecule has 1 aromatic carbocycles. The second kappa shape index (κ2) is 3.82. The number of rotatable bonds is 0. The normalized spacial score (nSPS) is 23.7. The fourth-order valence-electron chi connectivity index (χ4n) is 3.06. The smallest absolute Gasteiger partial charge is 0.350 e. The van der Waals surface area contributed by atoms with Crippen LogP contribution in [-0.2, 0) is 9.53 Å². The molecule has 0 saturated carbocycles. The Labute approximate surface area is 114 Å². The van der Waals surface area contributed by atoms with Crippen molar-refractivity contribution in [3.05, 3.63) is 23.3 Å². The van der Waals surface area contributed by atoms with Gasteiger partial charge >= 0.3 is 11.9 Å². The molecule has 0 aliphatic carbocycles. The summed E-state index contributed by atoms with van der Waals surface area (Å²) in [4.78, 5) is 36.9. The molecule has 3 aliphatic heterocycles. The number of carbonyl (C=O) groups is 3. The van der Waals surface area contributed by atoms with E-state index in [4.69, 9.17) is 4.74 Å². The number of hydrogen-bond acceptors (Lipinski definition) is 6. The standard InChI is InChI=1S/C14H11NO5/c16-8-3-4-15-7(5-8)6-19-12-10(15)2-1-9-11(12)14(18)20-13(9)17/h1-2,7H,3-6H2/t7-/m0/s1. The van der Waals surface area contributed by atoms with Crippen molar-refractivity contribution in [2.24, 2.45) is 0 Å². The summed E-state index contributed by atoms with van der Waals surface area (Å²) < 4.78 is 10.3. The van der Waals surface area contributed by atoms with Gasteiger partial charge in [-0.25, -0.2) is 9.59 Å². The first-order chi connectivity index (χ1) is 9.65. The van der Waals surface area contributed by atoms with Gasteiger partial charge in [-0.05, 0) is 12.1 Å². The quantitative estimate of drug-likeness (QED) is 0.517. The predicted molar refractivity (Wildman–Crippen MR) is 67.1 cm³/mol. The monoisotopic (exact) mass is 273 g/mol. The number of piperidine rings is 1. The van der Waals surface area contributed by atoms with Gasteiger partial charge in [0.1, 0.15) is 18.0 Å². The molecule has 4 rings (SSSR count). The number of esters is 2. The van der Waals surface area contributed by atoms with Crippen molar-refractivity contribution in [2.45, 2.75) is 18.9 Å². The molecule has 1 atom stereocenters. The van der Waals surface area contributed by atoms with Crippen LogP contribution in [0.1, 0.15) is 33.6 Å². The van der Waals surface area contributed by atoms with Crippen LogP contribution in [0.15, 0.2) is 12.1 Å². The van der Waals surface area contributed by atoms with Crippen LogP contribution in [0.4, 0.5) is 5.69 Å². The number of carbonyl (C=O) groups excluding carboxylic acids is 3. The molecule has 0 bridgehead atoms. The Morgan fingerprint density at radius 2 is 2.00 bits per heavy atom. The van der Waals surface area contributed by atoms with Gasteiger partial charge in [-0.2, -0.15) is 0 Å². The van der Waals surface area contributed by atoms with E-state index in [-0.39, 0.29) is 23.0 Å². The van der Waals surface area contributed by atoms with Crippen LogP contribution >= 0.6 is 0 Å². The number of ether oxygens (including phenoxy) is 2. The van der Waals surface area contributed by atoms with Gasteiger partial charge < -0.3 is 14.4 Å². The molecule has 0 N–H and O–H groups in total. The number of benzene rings is 1. The Morgan fingerprint density at radius 3 is 2.85 bits per heavy atom. The van der Waals surface area contributed by atoms with E-state index in [0.29, 0.717) is 31.7 Å². The lowest BCUT2D eigenvalue weighted by Gasteiger charge is -2.41. The zero-order valence-corrected chi connectivity index (χ0v) is 10.5. The molecule has 3 heterocycles. The third-order valence-corrected chi connectivity index (χ3v) is 4.01. The lowest BCUT2D eigenvalue weighted by Crippen LogP contribution is -2.49. The maximum absolute atomic E-state index is 11.8. The van der Waals surface area contributed by atoms with E-state index in [1.54, 1.807) is 12.1 Å². The third kappa shape index (κ3) is 1.41. The summed E-state index contributed by atoms with van der Waals surface area (Å²) >= 11 is 0. The summed E-state index contributed by atoms with van der Waals surface area (Å²) in [7, 11) is 0. The van der Waals surface area contributed by atoms with Gasteiger partial charge in [0.15, 0.2) is 5.75 Å². The Hall–Kier alpha value is -2.37. The first-order valence-electron chi connectivity index (χ1n) is 6.50. The van der Waals surface area contributed by atoms with Gasteiger partial charge in [0.05, 0.1) is 17.3 Å². The lowest BCUT2D eigenvalue weighted by atomic mass is 9.97. The number of fused-ring (bicyclic) bond motifs is 5. The average molecular weight is 273 g/mol. The van der Waals surface area contributed by atoms with E-state index in [0.717, 1.165) is 5.69 Å². The maximum Gasteiger partial charge on any atom is 0.350 e. The fourth-order valence-corrected chi connectivity index (χ4v) is 3.06. The van der Waals surface area contributed by atoms with Crippen LogP contribution in [0.25, 0.3) is 0 Å². The molecule has 0 amide bonds. The zero-order chi connectivity index (χ0) is 13.9. The second-order valence-electron chi connectivity index (χ2n) is 5.16. The Morgan fingerprint density at radius 1 is 1.15 bits per heavy atom. The van der Waals surface area contributed by atoms with Crippen molar-refractivity contribution in [3.63, 3.8) is 0 Å². The summed E-state index contributed by atoms with van der Waals surface area (Å²) in [6, 6.07) is 3.36. The van der Waals surface area contributed by atoms with Crippen molar-refractivity contribution in [1.82, 2.24) is 0 Å². The van der Waals surface area contributed by atoms with Crippen molar-refractivity contribution in [2.75, 3.05) is 18.1 Å². The number of hydrogen-bond donors (Lipinski definition) is 0. The minimum atomic E-state index is -0.659. The Bertz CT molecular complexity index is 666. The van der Waals surface area contributed by atoms with E-state index in [1.807, 2.05) is 0 Å². The highest BCUT2D eigenvalue weighted by Crippen LogP contribution is 2.42. The van der Waals surface area contributed by atoms with Gasteiger partial charge in [0.2, 0.25) is 0 Å². The van der Waals surface area contributed by atoms with Gasteiger partial charge in [0.25, 0.3) is 0 Å². The van der Waals surface area contributed by atoms with E-state index in [1.165, 1.54) is 0 Å². The summed E-state index contributed by atoms with van der Waals surface area (Å²) in [5.74, 6) is -0.654. The molecule has 6 nitrogen and oxygen atoms in total. The molecule has 3 aliphatic rings. The molecule has 1 saturated heterocycles. The molecule has 102 valence electrons. The van der Waals surface area contributed by atoms with E-state index in [2.05, 4.69) is 9.64 Å². The number of ketones is 1. The van der Waals surface area contributed by atoms with Gasteiger partial charge in [-0.1, -0.05) is 0 Å². The Balaban J connectivity index is 1.84. The zero-order valence-electron chi connectivity index (χ0n) is 10.5. The van der Waals surface area contributed by atoms with Crippen LogP contribution in [-0.4, -0.2) is 36.9 Å². The van der Waals surface area contributed by atoms with Crippen LogP contribution in [0.5, 0.6) is 5.75 Å². The molecule has 1 aromatic rings. The molecular formula is C14H11NO5. The van der Waals surface area contributed by atoms with E-state index in [9.17, 15) is 14.4 Å². The van der Waals surface area contributed by atoms with Gasteiger partial charge in [-0.15, -0.1) is 0 Å². The minimum absolute atomic E-state index is 0.00919. The molecule has 6 heteroatoms. The maximum atomic E-state index is 11.8. The first kappa shape index (κ1) is 11.5. The third-order valence-electron chi connectivity index (χ3n) is 4.01. The van der Waals surface area contributed by atoms with Crippen LogP contribution in [0, 0.1) is 0 Å². The number of cyclic esters (lactones) is 2. The SMILES string of the molecule is O=C1CCN2c3ccc4c(c3OC[C@@H]2C1)C(=O)OC4=O. The number of Topliss-reactive ketones (excluding diaryl/α,β-unsaturated/α-hetero) is 1. The highest BCUT2D eigenvalue weighted by molar-refractivity contribution is 6.17. The minimum Gasteiger partial charge on any atom is -0.488 e. The fraction of sp³-hybridized carbons (Fsp3) is 0.357. The molecule has 0 radical (unpaired) electrons. The van der Waals surface area contributed by atoms with Crippen molar-refractivity contribution in [1.29, 1.82) is 0 Å². The molecule has 0 unspecified atom stereocenters. The molecule has 0 aromatic heterocycles. The lowest BCUT2D eigenvalue weighted by molar-refractivity contribution is -0.120. The molecule has 0 spiro atoms. The topological polar surface area (TPSA) is 72.9 Å². The summed E-state index contributed by atoms with van der Waals surface area (Å²) in [5.41, 5.74) is 1.22. The van der Waals surface area contributed by atoms with Gasteiger partial charge in [0, 0.05) is 19.4 Å². The molecule has 1 fully saturated rings. The average Bonchev–Trinajstić information content (AvgIpc) is 2.73. The largest absolute Gasteiger partial charge is 0.488 e. The predicted octanol–water partition coefficient (Wildman–Crippen LogP) is 0.928. The first-order valence-corrected chi connectivity index (χ1v) is 6.50. The van der Waals surface area contributed by atoms with Crippen molar-refractivity contribution < 1.29 is 23.9 Å². The highest BCUT2D eigenvalue weighted by atomic mass is 16.6. The highest BCUT2D eigenvalue weighted by Gasteiger charge is 2.40. The van der Waals surface area contributed by atoms with E-state index < -0.39 is 11.9 Å². The van der Waals surface area contributed by atoms with Gasteiger partial charge in [-0.3, -0.25) is 4.79 Å².